The number of nitrogens with one attached hydrogen (secondary N) is 2. The number of aromatic nitrogens is 2. The van der Waals surface area contributed by atoms with Crippen molar-refractivity contribution in [1.29, 1.82) is 0 Å². The van der Waals surface area contributed by atoms with Crippen molar-refractivity contribution < 1.29 is 0 Å². The van der Waals surface area contributed by atoms with E-state index < -0.39 is 0 Å². The van der Waals surface area contributed by atoms with Crippen LogP contribution in [0.2, 0.25) is 0 Å². The first kappa shape index (κ1) is 25.9. The highest BCUT2D eigenvalue weighted by molar-refractivity contribution is 7.36. The van der Waals surface area contributed by atoms with E-state index >= 15 is 0 Å². The lowest BCUT2D eigenvalue weighted by molar-refractivity contribution is 1.45. The van der Waals surface area contributed by atoms with Crippen LogP contribution in [0.4, 0.5) is 0 Å². The molecule has 0 spiro atoms. The highest BCUT2D eigenvalue weighted by Crippen LogP contribution is 2.46. The summed E-state index contributed by atoms with van der Waals surface area (Å²) < 4.78 is 5.46. The van der Waals surface area contributed by atoms with Crippen LogP contribution in [0.1, 0.15) is 0 Å². The SMILES string of the molecule is c1ccc2[nH]c(-c3ccc(-c4ccc5sc6c7cc(-c8ccc(-c9cc%10ccccc%10[nH]9)cc8)ccc7sc6c5c4)cc3)cc2c1. The van der Waals surface area contributed by atoms with Crippen molar-refractivity contribution in [3.63, 3.8) is 0 Å². The second-order valence-corrected chi connectivity index (χ2v) is 14.1. The maximum absolute atomic E-state index is 3.55. The second kappa shape index (κ2) is 10.0. The Morgan fingerprint density at radius 2 is 0.739 bits per heavy atom. The van der Waals surface area contributed by atoms with Gasteiger partial charge in [0.05, 0.1) is 9.40 Å². The predicted octanol–water partition coefficient (Wildman–Crippen LogP) is 12.9. The molecule has 2 nitrogen and oxygen atoms in total. The van der Waals surface area contributed by atoms with Gasteiger partial charge in [0.1, 0.15) is 0 Å². The summed E-state index contributed by atoms with van der Waals surface area (Å²) in [6.07, 6.45) is 0. The van der Waals surface area contributed by atoms with Crippen molar-refractivity contribution in [3.05, 3.63) is 146 Å². The maximum atomic E-state index is 3.55. The summed E-state index contributed by atoms with van der Waals surface area (Å²) in [5, 5.41) is 5.18. The van der Waals surface area contributed by atoms with Gasteiger partial charge in [-0.15, -0.1) is 22.7 Å². The van der Waals surface area contributed by atoms with Gasteiger partial charge in [-0.3, -0.25) is 0 Å². The van der Waals surface area contributed by atoms with E-state index in [-0.39, 0.29) is 0 Å². The van der Waals surface area contributed by atoms with Crippen molar-refractivity contribution in [1.82, 2.24) is 9.97 Å². The topological polar surface area (TPSA) is 31.6 Å². The summed E-state index contributed by atoms with van der Waals surface area (Å²) in [7, 11) is 0. The molecule has 0 saturated carbocycles. The molecule has 10 aromatic rings. The summed E-state index contributed by atoms with van der Waals surface area (Å²) in [5.41, 5.74) is 12.0. The van der Waals surface area contributed by atoms with E-state index in [1.54, 1.807) is 0 Å². The lowest BCUT2D eigenvalue weighted by Gasteiger charge is -2.05. The molecule has 46 heavy (non-hydrogen) atoms. The fraction of sp³-hybridized carbons (Fsp3) is 0. The molecule has 0 bridgehead atoms. The van der Waals surface area contributed by atoms with Gasteiger partial charge in [0.15, 0.2) is 0 Å². The molecular weight excluding hydrogens is 597 g/mol. The van der Waals surface area contributed by atoms with Gasteiger partial charge in [0, 0.05) is 53.4 Å². The van der Waals surface area contributed by atoms with E-state index in [0.29, 0.717) is 0 Å². The fourth-order valence-electron chi connectivity index (χ4n) is 6.76. The molecule has 0 aliphatic rings. The van der Waals surface area contributed by atoms with E-state index in [9.17, 15) is 0 Å². The van der Waals surface area contributed by atoms with Crippen LogP contribution in [0.25, 0.3) is 96.1 Å². The molecule has 4 heterocycles. The smallest absolute Gasteiger partial charge is 0.0542 e. The minimum Gasteiger partial charge on any atom is -0.355 e. The third kappa shape index (κ3) is 4.15. The zero-order valence-electron chi connectivity index (χ0n) is 24.7. The number of benzene rings is 6. The zero-order chi connectivity index (χ0) is 30.2. The molecule has 2 N–H and O–H groups in total. The minimum atomic E-state index is 1.15. The predicted molar refractivity (Wildman–Crippen MR) is 200 cm³/mol. The summed E-state index contributed by atoms with van der Waals surface area (Å²) in [4.78, 5) is 7.11. The van der Waals surface area contributed by atoms with Crippen LogP contribution in [0.5, 0.6) is 0 Å². The Hall–Kier alpha value is -5.42. The summed E-state index contributed by atoms with van der Waals surface area (Å²) in [6, 6.07) is 53.1. The average molecular weight is 623 g/mol. The van der Waals surface area contributed by atoms with Gasteiger partial charge < -0.3 is 9.97 Å². The van der Waals surface area contributed by atoms with E-state index in [2.05, 4.69) is 156 Å². The number of thiophene rings is 2. The molecule has 0 amide bonds. The highest BCUT2D eigenvalue weighted by Gasteiger charge is 2.15. The quantitative estimate of drug-likeness (QED) is 0.196. The van der Waals surface area contributed by atoms with Crippen LogP contribution in [0.3, 0.4) is 0 Å². The molecule has 0 saturated heterocycles. The third-order valence-electron chi connectivity index (χ3n) is 9.20. The summed E-state index contributed by atoms with van der Waals surface area (Å²) >= 11 is 3.82. The van der Waals surface area contributed by atoms with Crippen molar-refractivity contribution in [2.45, 2.75) is 0 Å². The van der Waals surface area contributed by atoms with Crippen molar-refractivity contribution in [3.8, 4) is 44.8 Å². The van der Waals surface area contributed by atoms with E-state index in [0.717, 1.165) is 11.4 Å². The molecule has 216 valence electrons. The highest BCUT2D eigenvalue weighted by atomic mass is 32.1. The number of H-pyrrole nitrogens is 2. The molecule has 4 aromatic heterocycles. The molecule has 6 aromatic carbocycles. The monoisotopic (exact) mass is 622 g/mol. The van der Waals surface area contributed by atoms with Crippen molar-refractivity contribution in [2.75, 3.05) is 0 Å². The van der Waals surface area contributed by atoms with Crippen LogP contribution < -0.4 is 0 Å². The van der Waals surface area contributed by atoms with Crippen LogP contribution in [-0.4, -0.2) is 9.97 Å². The molecule has 4 heteroatoms. The van der Waals surface area contributed by atoms with Gasteiger partial charge in [0.25, 0.3) is 0 Å². The van der Waals surface area contributed by atoms with Crippen LogP contribution in [-0.2, 0) is 0 Å². The fourth-order valence-corrected chi connectivity index (χ4v) is 9.36. The van der Waals surface area contributed by atoms with Crippen LogP contribution in [0.15, 0.2) is 146 Å². The standard InChI is InChI=1S/C42H26N2S2/c1-3-7-35-31(5-1)23-37(43-35)27-13-9-25(10-14-27)29-17-19-39-33(21-29)41-42(45-39)34-22-30(18-20-40(34)46-41)26-11-15-28(16-12-26)38-24-32-6-2-4-8-36(32)44-38/h1-24,43-44H. The normalized spacial score (nSPS) is 11.9. The van der Waals surface area contributed by atoms with Gasteiger partial charge in [0.2, 0.25) is 0 Å². The third-order valence-corrected chi connectivity index (χ3v) is 11.7. The van der Waals surface area contributed by atoms with E-state index in [4.69, 9.17) is 0 Å². The summed E-state index contributed by atoms with van der Waals surface area (Å²) in [6.45, 7) is 0. The molecule has 0 fully saturated rings. The zero-order valence-corrected chi connectivity index (χ0v) is 26.3. The van der Waals surface area contributed by atoms with E-state index in [1.165, 1.54) is 84.8 Å². The van der Waals surface area contributed by atoms with Crippen molar-refractivity contribution >= 4 is 74.1 Å². The average Bonchev–Trinajstić information content (AvgIpc) is 3.89. The lowest BCUT2D eigenvalue weighted by Crippen LogP contribution is -1.80. The van der Waals surface area contributed by atoms with Crippen LogP contribution in [0, 0.1) is 0 Å². The van der Waals surface area contributed by atoms with Crippen LogP contribution >= 0.6 is 22.7 Å². The van der Waals surface area contributed by atoms with Gasteiger partial charge in [-0.25, -0.2) is 0 Å². The number of fused-ring (bicyclic) bond motifs is 7. The Kier molecular flexibility index (Phi) is 5.65. The van der Waals surface area contributed by atoms with Crippen molar-refractivity contribution in [2.24, 2.45) is 0 Å². The number of rotatable bonds is 4. The Morgan fingerprint density at radius 3 is 1.17 bits per heavy atom. The number of para-hydroxylation sites is 2. The molecule has 0 aliphatic carbocycles. The van der Waals surface area contributed by atoms with Gasteiger partial charge in [-0.05, 0) is 81.9 Å². The van der Waals surface area contributed by atoms with Gasteiger partial charge >= 0.3 is 0 Å². The molecule has 0 unspecified atom stereocenters. The largest absolute Gasteiger partial charge is 0.355 e. The molecular formula is C42H26N2S2. The lowest BCUT2D eigenvalue weighted by atomic mass is 10.0. The first-order valence-corrected chi connectivity index (χ1v) is 17.1. The molecule has 10 rings (SSSR count). The number of hydrogen-bond acceptors (Lipinski definition) is 2. The minimum absolute atomic E-state index is 1.15. The maximum Gasteiger partial charge on any atom is 0.0542 e. The van der Waals surface area contributed by atoms with Gasteiger partial charge in [-0.2, -0.15) is 0 Å². The Labute approximate surface area is 273 Å². The summed E-state index contributed by atoms with van der Waals surface area (Å²) in [5.74, 6) is 0. The molecule has 0 atom stereocenters. The second-order valence-electron chi connectivity index (χ2n) is 12.0. The molecule has 0 radical (unpaired) electrons. The number of aromatic amines is 2. The number of hydrogen-bond donors (Lipinski definition) is 2. The first-order chi connectivity index (χ1) is 22.7. The first-order valence-electron chi connectivity index (χ1n) is 15.5. The van der Waals surface area contributed by atoms with E-state index in [1.807, 2.05) is 22.7 Å². The van der Waals surface area contributed by atoms with Gasteiger partial charge in [-0.1, -0.05) is 97.1 Å². The Bertz CT molecular complexity index is 2480. The Morgan fingerprint density at radius 1 is 0.348 bits per heavy atom. The molecule has 0 aliphatic heterocycles. The Balaban J connectivity index is 0.981.